The molecule has 2 unspecified atom stereocenters. The highest BCUT2D eigenvalue weighted by atomic mass is 16.4. The molecule has 1 rings (SSSR count). The molecule has 1 fully saturated rings. The Kier molecular flexibility index (Phi) is 5.91. The number of rotatable bonds is 6. The van der Waals surface area contributed by atoms with E-state index in [0.717, 1.165) is 6.42 Å². The number of carbonyl (C=O) groups is 2. The molecule has 6 heteroatoms. The lowest BCUT2D eigenvalue weighted by Crippen LogP contribution is -2.47. The van der Waals surface area contributed by atoms with Gasteiger partial charge in [-0.05, 0) is 25.2 Å². The minimum absolute atomic E-state index is 0.133. The molecular formula is C12H22N2O4. The summed E-state index contributed by atoms with van der Waals surface area (Å²) in [4.78, 5) is 24.4. The fraction of sp³-hybridized carbons (Fsp3) is 0.833. The molecule has 1 aliphatic heterocycles. The average Bonchev–Trinajstić information content (AvgIpc) is 2.77. The van der Waals surface area contributed by atoms with Crippen LogP contribution < -0.4 is 5.32 Å². The maximum Gasteiger partial charge on any atom is 0.326 e. The van der Waals surface area contributed by atoms with Gasteiger partial charge in [0.25, 0.3) is 0 Å². The van der Waals surface area contributed by atoms with Crippen LogP contribution in [0.2, 0.25) is 0 Å². The summed E-state index contributed by atoms with van der Waals surface area (Å²) < 4.78 is 0. The molecule has 0 saturated carbocycles. The highest BCUT2D eigenvalue weighted by molar-refractivity contribution is 5.82. The molecule has 18 heavy (non-hydrogen) atoms. The number of aliphatic hydroxyl groups is 1. The second-order valence-corrected chi connectivity index (χ2v) is 4.74. The zero-order valence-electron chi connectivity index (χ0n) is 10.8. The summed E-state index contributed by atoms with van der Waals surface area (Å²) in [6.45, 7) is 3.25. The second-order valence-electron chi connectivity index (χ2n) is 4.74. The number of carboxylic acids is 1. The van der Waals surface area contributed by atoms with Crippen LogP contribution in [0.5, 0.6) is 0 Å². The number of aliphatic hydroxyl groups excluding tert-OH is 1. The van der Waals surface area contributed by atoms with Gasteiger partial charge in [-0.15, -0.1) is 0 Å². The smallest absolute Gasteiger partial charge is 0.326 e. The number of hydrogen-bond donors (Lipinski definition) is 3. The Hall–Kier alpha value is -1.30. The highest BCUT2D eigenvalue weighted by Crippen LogP contribution is 2.19. The number of nitrogens with zero attached hydrogens (tertiary/aromatic N) is 1. The van der Waals surface area contributed by atoms with E-state index >= 15 is 0 Å². The van der Waals surface area contributed by atoms with E-state index in [1.807, 2.05) is 6.92 Å². The summed E-state index contributed by atoms with van der Waals surface area (Å²) in [6.07, 6.45) is 2.72. The van der Waals surface area contributed by atoms with Crippen LogP contribution in [-0.2, 0) is 4.79 Å². The Labute approximate surface area is 107 Å². The monoisotopic (exact) mass is 258 g/mol. The van der Waals surface area contributed by atoms with Crippen molar-refractivity contribution < 1.29 is 19.8 Å². The summed E-state index contributed by atoms with van der Waals surface area (Å²) in [5, 5.41) is 20.4. The van der Waals surface area contributed by atoms with Gasteiger partial charge in [0.05, 0.1) is 0 Å². The van der Waals surface area contributed by atoms with Crippen molar-refractivity contribution >= 4 is 12.0 Å². The fourth-order valence-electron chi connectivity index (χ4n) is 2.22. The Bertz CT molecular complexity index is 296. The number of amides is 2. The van der Waals surface area contributed by atoms with Crippen molar-refractivity contribution in [3.05, 3.63) is 0 Å². The molecule has 0 aliphatic carbocycles. The van der Waals surface area contributed by atoms with Crippen LogP contribution in [0.3, 0.4) is 0 Å². The third kappa shape index (κ3) is 4.18. The molecule has 1 aliphatic rings. The molecule has 0 spiro atoms. The summed E-state index contributed by atoms with van der Waals surface area (Å²) >= 11 is 0. The van der Waals surface area contributed by atoms with Crippen LogP contribution in [0, 0.1) is 5.92 Å². The number of likely N-dealkylation sites (tertiary alicyclic amines) is 1. The zero-order chi connectivity index (χ0) is 13.5. The number of carboxylic acid groups (broad SMARTS) is 1. The summed E-state index contributed by atoms with van der Waals surface area (Å²) in [6, 6.07) is -1.12. The number of aliphatic carboxylic acids is 1. The predicted molar refractivity (Wildman–Crippen MR) is 66.2 cm³/mol. The molecule has 3 N–H and O–H groups in total. The largest absolute Gasteiger partial charge is 0.480 e. The second kappa shape index (κ2) is 7.20. The van der Waals surface area contributed by atoms with Crippen molar-refractivity contribution in [1.82, 2.24) is 10.2 Å². The minimum Gasteiger partial charge on any atom is -0.480 e. The minimum atomic E-state index is -0.990. The molecule has 104 valence electrons. The number of urea groups is 1. The maximum atomic E-state index is 11.9. The lowest BCUT2D eigenvalue weighted by Gasteiger charge is -2.20. The molecule has 0 radical (unpaired) electrons. The van der Waals surface area contributed by atoms with Crippen molar-refractivity contribution in [2.24, 2.45) is 5.92 Å². The Morgan fingerprint density at radius 1 is 1.50 bits per heavy atom. The van der Waals surface area contributed by atoms with E-state index in [9.17, 15) is 9.59 Å². The SMILES string of the molecule is CCCC(NC(=O)N1CCC(CCO)C1)C(=O)O. The van der Waals surface area contributed by atoms with E-state index in [4.69, 9.17) is 10.2 Å². The van der Waals surface area contributed by atoms with Gasteiger partial charge in [0.2, 0.25) is 0 Å². The first-order valence-electron chi connectivity index (χ1n) is 6.47. The Morgan fingerprint density at radius 3 is 2.78 bits per heavy atom. The van der Waals surface area contributed by atoms with E-state index < -0.39 is 12.0 Å². The van der Waals surface area contributed by atoms with E-state index in [-0.39, 0.29) is 12.6 Å². The van der Waals surface area contributed by atoms with Crippen LogP contribution in [0.4, 0.5) is 4.79 Å². The van der Waals surface area contributed by atoms with Crippen LogP contribution in [0.15, 0.2) is 0 Å². The van der Waals surface area contributed by atoms with Crippen LogP contribution >= 0.6 is 0 Å². The quantitative estimate of drug-likeness (QED) is 0.652. The van der Waals surface area contributed by atoms with Crippen LogP contribution in [0.1, 0.15) is 32.6 Å². The standard InChI is InChI=1S/C12H22N2O4/c1-2-3-10(11(16)17)13-12(18)14-6-4-9(8-14)5-7-15/h9-10,15H,2-8H2,1H3,(H,13,18)(H,16,17). The molecular weight excluding hydrogens is 236 g/mol. The van der Waals surface area contributed by atoms with Gasteiger partial charge in [-0.2, -0.15) is 0 Å². The number of carbonyl (C=O) groups excluding carboxylic acids is 1. The Balaban J connectivity index is 2.42. The van der Waals surface area contributed by atoms with Gasteiger partial charge in [0.1, 0.15) is 6.04 Å². The highest BCUT2D eigenvalue weighted by Gasteiger charge is 2.28. The average molecular weight is 258 g/mol. The van der Waals surface area contributed by atoms with E-state index in [1.165, 1.54) is 0 Å². The normalized spacial score (nSPS) is 20.8. The molecule has 1 heterocycles. The van der Waals surface area contributed by atoms with Crippen molar-refractivity contribution in [1.29, 1.82) is 0 Å². The van der Waals surface area contributed by atoms with Crippen molar-refractivity contribution in [3.8, 4) is 0 Å². The van der Waals surface area contributed by atoms with Crippen molar-refractivity contribution in [3.63, 3.8) is 0 Å². The molecule has 1 saturated heterocycles. The van der Waals surface area contributed by atoms with Gasteiger partial charge >= 0.3 is 12.0 Å². The molecule has 0 bridgehead atoms. The zero-order valence-corrected chi connectivity index (χ0v) is 10.8. The molecule has 0 aromatic carbocycles. The van der Waals surface area contributed by atoms with Crippen molar-refractivity contribution in [2.45, 2.75) is 38.6 Å². The third-order valence-electron chi connectivity index (χ3n) is 3.28. The molecule has 0 aromatic heterocycles. The topological polar surface area (TPSA) is 89.9 Å². The van der Waals surface area contributed by atoms with Gasteiger partial charge in [-0.3, -0.25) is 0 Å². The molecule has 2 amide bonds. The predicted octanol–water partition coefficient (Wildman–Crippen LogP) is 0.654. The maximum absolute atomic E-state index is 11.9. The lowest BCUT2D eigenvalue weighted by molar-refractivity contribution is -0.139. The van der Waals surface area contributed by atoms with Gasteiger partial charge in [-0.25, -0.2) is 9.59 Å². The van der Waals surface area contributed by atoms with Crippen molar-refractivity contribution in [2.75, 3.05) is 19.7 Å². The van der Waals surface area contributed by atoms with Gasteiger partial charge in [-0.1, -0.05) is 13.3 Å². The molecule has 0 aromatic rings. The van der Waals surface area contributed by atoms with Gasteiger partial charge in [0.15, 0.2) is 0 Å². The van der Waals surface area contributed by atoms with Crippen LogP contribution in [-0.4, -0.2) is 52.9 Å². The van der Waals surface area contributed by atoms with E-state index in [2.05, 4.69) is 5.32 Å². The molecule has 2 atom stereocenters. The number of hydrogen-bond acceptors (Lipinski definition) is 3. The first-order valence-corrected chi connectivity index (χ1v) is 6.47. The van der Waals surface area contributed by atoms with Gasteiger partial charge < -0.3 is 20.4 Å². The summed E-state index contributed by atoms with van der Waals surface area (Å²) in [5.41, 5.74) is 0. The van der Waals surface area contributed by atoms with E-state index in [1.54, 1.807) is 4.90 Å². The first kappa shape index (κ1) is 14.8. The van der Waals surface area contributed by atoms with E-state index in [0.29, 0.717) is 38.3 Å². The van der Waals surface area contributed by atoms with Gasteiger partial charge in [0, 0.05) is 19.7 Å². The first-order chi connectivity index (χ1) is 8.58. The third-order valence-corrected chi connectivity index (χ3v) is 3.28. The Morgan fingerprint density at radius 2 is 2.22 bits per heavy atom. The lowest BCUT2D eigenvalue weighted by atomic mass is 10.1. The van der Waals surface area contributed by atoms with Crippen LogP contribution in [0.25, 0.3) is 0 Å². The summed E-state index contributed by atoms with van der Waals surface area (Å²) in [7, 11) is 0. The number of nitrogens with one attached hydrogen (secondary N) is 1. The molecule has 6 nitrogen and oxygen atoms in total. The fourth-order valence-corrected chi connectivity index (χ4v) is 2.22. The summed E-state index contributed by atoms with van der Waals surface area (Å²) in [5.74, 6) is -0.661.